The summed E-state index contributed by atoms with van der Waals surface area (Å²) in [6.45, 7) is 2.45. The number of anilines is 2. The van der Waals surface area contributed by atoms with E-state index in [-0.39, 0.29) is 30.1 Å². The van der Waals surface area contributed by atoms with Crippen molar-refractivity contribution in [2.45, 2.75) is 32.1 Å². The average Bonchev–Trinajstić information content (AvgIpc) is 3.35. The normalized spacial score (nSPS) is 20.6. The van der Waals surface area contributed by atoms with Crippen molar-refractivity contribution in [1.82, 2.24) is 4.98 Å². The largest absolute Gasteiger partial charge is 0.465 e. The van der Waals surface area contributed by atoms with Crippen LogP contribution in [0.5, 0.6) is 0 Å². The van der Waals surface area contributed by atoms with E-state index in [0.29, 0.717) is 30.4 Å². The number of thiazole rings is 1. The number of fused-ring (bicyclic) bond motifs is 1. The number of ether oxygens (including phenoxy) is 1. The summed E-state index contributed by atoms with van der Waals surface area (Å²) in [7, 11) is 0. The Balaban J connectivity index is 1.42. The predicted octanol–water partition coefficient (Wildman–Crippen LogP) is 3.49. The van der Waals surface area contributed by atoms with Crippen LogP contribution in [0.15, 0.2) is 28.7 Å². The topological polar surface area (TPSA) is 88.6 Å². The molecule has 2 aromatic rings. The van der Waals surface area contributed by atoms with Crippen LogP contribution in [0.25, 0.3) is 0 Å². The van der Waals surface area contributed by atoms with Gasteiger partial charge in [-0.3, -0.25) is 14.4 Å². The van der Waals surface area contributed by atoms with E-state index in [9.17, 15) is 14.4 Å². The van der Waals surface area contributed by atoms with E-state index < -0.39 is 5.92 Å². The number of aryl methyl sites for hydroxylation is 1. The first-order valence-electron chi connectivity index (χ1n) is 9.49. The molecule has 2 unspecified atom stereocenters. The van der Waals surface area contributed by atoms with E-state index >= 15 is 0 Å². The summed E-state index contributed by atoms with van der Waals surface area (Å²) in [6.07, 6.45) is 1.61. The van der Waals surface area contributed by atoms with Gasteiger partial charge in [0.1, 0.15) is 5.92 Å². The smallest absolute Gasteiger partial charge is 0.315 e. The van der Waals surface area contributed by atoms with Crippen molar-refractivity contribution in [2.75, 3.05) is 23.4 Å². The van der Waals surface area contributed by atoms with Crippen LogP contribution in [0.2, 0.25) is 0 Å². The Kier molecular flexibility index (Phi) is 5.69. The number of hydrogen-bond donors (Lipinski definition) is 1. The van der Waals surface area contributed by atoms with Crippen molar-refractivity contribution in [3.05, 3.63) is 39.3 Å². The molecule has 1 saturated heterocycles. The monoisotopic (exact) mass is 477 g/mol. The Morgan fingerprint density at radius 3 is 3.00 bits per heavy atom. The van der Waals surface area contributed by atoms with Crippen LogP contribution >= 0.6 is 27.3 Å². The number of hydrogen-bond acceptors (Lipinski definition) is 6. The maximum absolute atomic E-state index is 12.7. The molecule has 1 fully saturated rings. The number of benzene rings is 1. The van der Waals surface area contributed by atoms with Gasteiger partial charge in [0.2, 0.25) is 11.8 Å². The number of esters is 1. The van der Waals surface area contributed by atoms with Gasteiger partial charge in [0.15, 0.2) is 5.13 Å². The highest BCUT2D eigenvalue weighted by Gasteiger charge is 2.37. The molecule has 1 aromatic carbocycles. The van der Waals surface area contributed by atoms with Crippen LogP contribution in [0.1, 0.15) is 36.3 Å². The minimum Gasteiger partial charge on any atom is -0.465 e. The molecule has 0 radical (unpaired) electrons. The fraction of sp³-hybridized carbons (Fsp3) is 0.400. The zero-order valence-corrected chi connectivity index (χ0v) is 18.2. The molecule has 0 bridgehead atoms. The Morgan fingerprint density at radius 1 is 1.41 bits per heavy atom. The lowest BCUT2D eigenvalue weighted by atomic mass is 10.1. The molecular weight excluding hydrogens is 458 g/mol. The predicted molar refractivity (Wildman–Crippen MR) is 113 cm³/mol. The van der Waals surface area contributed by atoms with Crippen molar-refractivity contribution in [3.8, 4) is 0 Å². The van der Waals surface area contributed by atoms with E-state index in [1.54, 1.807) is 11.8 Å². The van der Waals surface area contributed by atoms with Gasteiger partial charge in [-0.15, -0.1) is 11.3 Å². The number of nitrogens with zero attached hydrogens (tertiary/aromatic N) is 2. The maximum Gasteiger partial charge on any atom is 0.315 e. The van der Waals surface area contributed by atoms with Crippen molar-refractivity contribution in [3.63, 3.8) is 0 Å². The second kappa shape index (κ2) is 8.23. The molecule has 2 heterocycles. The lowest BCUT2D eigenvalue weighted by Gasteiger charge is -2.16. The van der Waals surface area contributed by atoms with E-state index in [2.05, 4.69) is 26.2 Å². The highest BCUT2D eigenvalue weighted by Crippen LogP contribution is 2.39. The van der Waals surface area contributed by atoms with Crippen molar-refractivity contribution in [1.29, 1.82) is 0 Å². The van der Waals surface area contributed by atoms with Crippen LogP contribution in [0, 0.1) is 5.92 Å². The number of halogens is 1. The molecule has 0 spiro atoms. The fourth-order valence-corrected chi connectivity index (χ4v) is 5.17. The SMILES string of the molecule is CCOC(=O)C1CCc2sc(NC(=O)C3CC(=O)N(c4cccc(Br)c4)C3)nc21. The molecule has 0 saturated carbocycles. The van der Waals surface area contributed by atoms with Gasteiger partial charge in [0.25, 0.3) is 0 Å². The lowest BCUT2D eigenvalue weighted by Crippen LogP contribution is -2.28. The molecule has 29 heavy (non-hydrogen) atoms. The molecule has 1 aliphatic carbocycles. The first kappa shape index (κ1) is 20.0. The third kappa shape index (κ3) is 4.06. The molecule has 152 valence electrons. The first-order valence-corrected chi connectivity index (χ1v) is 11.1. The van der Waals surface area contributed by atoms with Crippen molar-refractivity contribution >= 4 is 55.9 Å². The third-order valence-electron chi connectivity index (χ3n) is 5.13. The van der Waals surface area contributed by atoms with E-state index in [1.165, 1.54) is 11.3 Å². The molecule has 2 atom stereocenters. The summed E-state index contributed by atoms with van der Waals surface area (Å²) in [5.41, 5.74) is 1.48. The van der Waals surface area contributed by atoms with Gasteiger partial charge >= 0.3 is 5.97 Å². The number of rotatable bonds is 5. The van der Waals surface area contributed by atoms with Crippen LogP contribution in [0.4, 0.5) is 10.8 Å². The minimum atomic E-state index is -0.443. The standard InChI is InChI=1S/C20H20BrN3O4S/c1-2-28-19(27)14-6-7-15-17(14)22-20(29-15)23-18(26)11-8-16(25)24(10-11)13-5-3-4-12(21)9-13/h3-5,9,11,14H,2,6-8,10H2,1H3,(H,22,23,26). The van der Waals surface area contributed by atoms with Crippen LogP contribution in [-0.4, -0.2) is 35.9 Å². The number of nitrogens with one attached hydrogen (secondary N) is 1. The van der Waals surface area contributed by atoms with Crippen molar-refractivity contribution < 1.29 is 19.1 Å². The number of aromatic nitrogens is 1. The van der Waals surface area contributed by atoms with Gasteiger partial charge < -0.3 is 15.0 Å². The average molecular weight is 478 g/mol. The molecule has 4 rings (SSSR count). The molecule has 2 aliphatic rings. The molecule has 2 amide bonds. The summed E-state index contributed by atoms with van der Waals surface area (Å²) >= 11 is 4.80. The van der Waals surface area contributed by atoms with Gasteiger partial charge in [0, 0.05) is 28.0 Å². The maximum atomic E-state index is 12.7. The minimum absolute atomic E-state index is 0.0766. The zero-order valence-electron chi connectivity index (χ0n) is 15.8. The third-order valence-corrected chi connectivity index (χ3v) is 6.67. The first-order chi connectivity index (χ1) is 14.0. The van der Waals surface area contributed by atoms with Gasteiger partial charge in [-0.2, -0.15) is 0 Å². The highest BCUT2D eigenvalue weighted by molar-refractivity contribution is 9.10. The van der Waals surface area contributed by atoms with Gasteiger partial charge in [-0.25, -0.2) is 4.98 Å². The molecule has 1 N–H and O–H groups in total. The Labute approximate surface area is 180 Å². The number of amides is 2. The van der Waals surface area contributed by atoms with Crippen LogP contribution < -0.4 is 10.2 Å². The van der Waals surface area contributed by atoms with Gasteiger partial charge in [-0.1, -0.05) is 22.0 Å². The van der Waals surface area contributed by atoms with E-state index in [0.717, 1.165) is 21.5 Å². The molecular formula is C20H20BrN3O4S. The van der Waals surface area contributed by atoms with E-state index in [4.69, 9.17) is 4.74 Å². The Bertz CT molecular complexity index is 976. The van der Waals surface area contributed by atoms with Gasteiger partial charge in [0.05, 0.1) is 18.2 Å². The van der Waals surface area contributed by atoms with Crippen LogP contribution in [-0.2, 0) is 25.5 Å². The summed E-state index contributed by atoms with van der Waals surface area (Å²) < 4.78 is 6.00. The quantitative estimate of drug-likeness (QED) is 0.665. The van der Waals surface area contributed by atoms with Gasteiger partial charge in [-0.05, 0) is 38.0 Å². The molecule has 9 heteroatoms. The van der Waals surface area contributed by atoms with E-state index in [1.807, 2.05) is 24.3 Å². The summed E-state index contributed by atoms with van der Waals surface area (Å²) in [4.78, 5) is 44.3. The Morgan fingerprint density at radius 2 is 2.24 bits per heavy atom. The molecule has 1 aliphatic heterocycles. The number of carbonyl (C=O) groups is 3. The van der Waals surface area contributed by atoms with Crippen molar-refractivity contribution in [2.24, 2.45) is 5.92 Å². The second-order valence-corrected chi connectivity index (χ2v) is 9.04. The highest BCUT2D eigenvalue weighted by atomic mass is 79.9. The Hall–Kier alpha value is -2.26. The zero-order chi connectivity index (χ0) is 20.5. The summed E-state index contributed by atoms with van der Waals surface area (Å²) in [5, 5.41) is 3.31. The molecule has 1 aromatic heterocycles. The molecule has 7 nitrogen and oxygen atoms in total. The number of carbonyl (C=O) groups excluding carboxylic acids is 3. The second-order valence-electron chi connectivity index (χ2n) is 7.05. The fourth-order valence-electron chi connectivity index (χ4n) is 3.74. The van der Waals surface area contributed by atoms with Crippen LogP contribution in [0.3, 0.4) is 0 Å². The summed E-state index contributed by atoms with van der Waals surface area (Å²) in [5.74, 6) is -1.36. The summed E-state index contributed by atoms with van der Waals surface area (Å²) in [6, 6.07) is 7.46. The lowest BCUT2D eigenvalue weighted by molar-refractivity contribution is -0.145.